The smallest absolute Gasteiger partial charge is 0.263 e. The second-order valence-corrected chi connectivity index (χ2v) is 3.49. The van der Waals surface area contributed by atoms with Crippen LogP contribution in [-0.2, 0) is 4.79 Å². The van der Waals surface area contributed by atoms with Gasteiger partial charge in [-0.15, -0.1) is 0 Å². The predicted molar refractivity (Wildman–Crippen MR) is 64.4 cm³/mol. The van der Waals surface area contributed by atoms with Crippen molar-refractivity contribution in [1.29, 1.82) is 0 Å². The number of likely N-dealkylation sites (N-methyl/N-ethyl adjacent to an activating group) is 1. The van der Waals surface area contributed by atoms with Crippen molar-refractivity contribution < 1.29 is 9.53 Å². The average molecular weight is 221 g/mol. The fraction of sp³-hybridized carbons (Fsp3) is 0.462. The van der Waals surface area contributed by atoms with Gasteiger partial charge >= 0.3 is 0 Å². The Morgan fingerprint density at radius 2 is 1.81 bits per heavy atom. The number of carbonyl (C=O) groups excluding carboxylic acids is 1. The molecule has 1 aromatic carbocycles. The number of hydrogen-bond acceptors (Lipinski definition) is 2. The summed E-state index contributed by atoms with van der Waals surface area (Å²) in [6.07, 6.45) is 1.61. The summed E-state index contributed by atoms with van der Waals surface area (Å²) in [6.45, 7) is 4.00. The van der Waals surface area contributed by atoms with E-state index in [4.69, 9.17) is 4.74 Å². The lowest BCUT2D eigenvalue weighted by molar-refractivity contribution is -0.129. The Kier molecular flexibility index (Phi) is 4.35. The summed E-state index contributed by atoms with van der Waals surface area (Å²) in [5, 5.41) is 2.62. The number of nitrogens with one attached hydrogen (secondary N) is 1. The molecule has 0 heterocycles. The molecule has 0 aliphatic heterocycles. The Balaban J connectivity index is 0.000000606. The molecule has 0 atom stereocenters. The van der Waals surface area contributed by atoms with Crippen molar-refractivity contribution in [3.8, 4) is 5.75 Å². The molecule has 1 amide bonds. The highest BCUT2D eigenvalue weighted by Gasteiger charge is 2.52. The average Bonchev–Trinajstić information content (AvgIpc) is 3.13. The Bertz CT molecular complexity index is 331. The Morgan fingerprint density at radius 3 is 2.25 bits per heavy atom. The number of carbonyl (C=O) groups is 1. The van der Waals surface area contributed by atoms with Crippen LogP contribution in [0, 0.1) is 0 Å². The number of hydrogen-bond donors (Lipinski definition) is 1. The molecule has 1 saturated carbocycles. The van der Waals surface area contributed by atoms with E-state index < -0.39 is 5.60 Å². The third-order valence-electron chi connectivity index (χ3n) is 2.40. The third kappa shape index (κ3) is 2.75. The van der Waals surface area contributed by atoms with Gasteiger partial charge in [0.05, 0.1) is 0 Å². The molecule has 0 bridgehead atoms. The molecule has 1 aliphatic carbocycles. The summed E-state index contributed by atoms with van der Waals surface area (Å²) in [5.74, 6) is 0.731. The van der Waals surface area contributed by atoms with E-state index in [1.807, 2.05) is 44.2 Å². The highest BCUT2D eigenvalue weighted by Crippen LogP contribution is 2.40. The van der Waals surface area contributed by atoms with Crippen molar-refractivity contribution in [2.24, 2.45) is 0 Å². The van der Waals surface area contributed by atoms with Crippen LogP contribution in [0.1, 0.15) is 26.7 Å². The second kappa shape index (κ2) is 5.54. The van der Waals surface area contributed by atoms with E-state index in [1.165, 1.54) is 0 Å². The van der Waals surface area contributed by atoms with Gasteiger partial charge in [0.25, 0.3) is 5.91 Å². The zero-order valence-electron chi connectivity index (χ0n) is 10.1. The minimum atomic E-state index is -0.587. The number of benzene rings is 1. The van der Waals surface area contributed by atoms with Gasteiger partial charge in [-0.05, 0) is 12.1 Å². The second-order valence-electron chi connectivity index (χ2n) is 3.49. The molecule has 1 aliphatic rings. The SMILES string of the molecule is CC.CNC(=O)C1(Oc2ccccc2)CC1. The lowest BCUT2D eigenvalue weighted by atomic mass is 10.3. The van der Waals surface area contributed by atoms with E-state index in [0.29, 0.717) is 0 Å². The highest BCUT2D eigenvalue weighted by atomic mass is 16.5. The van der Waals surface area contributed by atoms with Crippen molar-refractivity contribution in [1.82, 2.24) is 5.32 Å². The summed E-state index contributed by atoms with van der Waals surface area (Å²) in [4.78, 5) is 11.5. The summed E-state index contributed by atoms with van der Waals surface area (Å²) < 4.78 is 5.65. The minimum absolute atomic E-state index is 0.0265. The minimum Gasteiger partial charge on any atom is -0.477 e. The first-order valence-electron chi connectivity index (χ1n) is 5.73. The fourth-order valence-corrected chi connectivity index (χ4v) is 1.43. The maximum absolute atomic E-state index is 11.5. The standard InChI is InChI=1S/C11H13NO2.C2H6/c1-12-10(13)11(7-8-11)14-9-5-3-2-4-6-9;1-2/h2-6H,7-8H2,1H3,(H,12,13);1-2H3. The molecular weight excluding hydrogens is 202 g/mol. The molecule has 2 rings (SSSR count). The van der Waals surface area contributed by atoms with E-state index in [9.17, 15) is 4.79 Å². The molecule has 0 spiro atoms. The number of rotatable bonds is 3. The predicted octanol–water partition coefficient (Wildman–Crippen LogP) is 2.37. The summed E-state index contributed by atoms with van der Waals surface area (Å²) in [7, 11) is 1.64. The van der Waals surface area contributed by atoms with E-state index in [1.54, 1.807) is 7.05 Å². The third-order valence-corrected chi connectivity index (χ3v) is 2.40. The van der Waals surface area contributed by atoms with Crippen LogP contribution in [0.4, 0.5) is 0 Å². The van der Waals surface area contributed by atoms with Gasteiger partial charge in [-0.1, -0.05) is 32.0 Å². The summed E-state index contributed by atoms with van der Waals surface area (Å²) >= 11 is 0. The van der Waals surface area contributed by atoms with Crippen molar-refractivity contribution in [2.45, 2.75) is 32.3 Å². The maximum atomic E-state index is 11.5. The van der Waals surface area contributed by atoms with E-state index in [0.717, 1.165) is 18.6 Å². The quantitative estimate of drug-likeness (QED) is 0.851. The van der Waals surface area contributed by atoms with Gasteiger partial charge in [0.2, 0.25) is 0 Å². The van der Waals surface area contributed by atoms with E-state index in [-0.39, 0.29) is 5.91 Å². The molecule has 0 radical (unpaired) electrons. The van der Waals surface area contributed by atoms with Gasteiger partial charge in [-0.2, -0.15) is 0 Å². The molecule has 1 N–H and O–H groups in total. The van der Waals surface area contributed by atoms with Crippen LogP contribution in [0.15, 0.2) is 30.3 Å². The zero-order chi connectivity index (χ0) is 12.0. The topological polar surface area (TPSA) is 38.3 Å². The van der Waals surface area contributed by atoms with Crippen LogP contribution < -0.4 is 10.1 Å². The first kappa shape index (κ1) is 12.6. The number of amides is 1. The molecule has 0 aromatic heterocycles. The van der Waals surface area contributed by atoms with E-state index >= 15 is 0 Å². The first-order chi connectivity index (χ1) is 7.77. The van der Waals surface area contributed by atoms with Crippen LogP contribution in [0.25, 0.3) is 0 Å². The van der Waals surface area contributed by atoms with Gasteiger partial charge in [0.15, 0.2) is 5.60 Å². The molecule has 0 saturated heterocycles. The molecule has 3 nitrogen and oxygen atoms in total. The van der Waals surface area contributed by atoms with Gasteiger partial charge in [-0.3, -0.25) is 4.79 Å². The van der Waals surface area contributed by atoms with Crippen LogP contribution in [0.3, 0.4) is 0 Å². The molecule has 0 unspecified atom stereocenters. The highest BCUT2D eigenvalue weighted by molar-refractivity contribution is 5.88. The Morgan fingerprint density at radius 1 is 1.25 bits per heavy atom. The number of para-hydroxylation sites is 1. The molecule has 1 fully saturated rings. The fourth-order valence-electron chi connectivity index (χ4n) is 1.43. The largest absolute Gasteiger partial charge is 0.477 e. The van der Waals surface area contributed by atoms with Crippen molar-refractivity contribution in [3.63, 3.8) is 0 Å². The van der Waals surface area contributed by atoms with Crippen LogP contribution in [-0.4, -0.2) is 18.6 Å². The van der Waals surface area contributed by atoms with Crippen molar-refractivity contribution in [3.05, 3.63) is 30.3 Å². The van der Waals surface area contributed by atoms with Gasteiger partial charge in [-0.25, -0.2) is 0 Å². The van der Waals surface area contributed by atoms with Gasteiger partial charge in [0.1, 0.15) is 5.75 Å². The van der Waals surface area contributed by atoms with Crippen LogP contribution in [0.5, 0.6) is 5.75 Å². The van der Waals surface area contributed by atoms with Gasteiger partial charge in [0, 0.05) is 19.9 Å². The van der Waals surface area contributed by atoms with Crippen LogP contribution in [0.2, 0.25) is 0 Å². The van der Waals surface area contributed by atoms with Crippen molar-refractivity contribution in [2.75, 3.05) is 7.05 Å². The summed E-state index contributed by atoms with van der Waals surface area (Å²) in [5.41, 5.74) is -0.587. The first-order valence-corrected chi connectivity index (χ1v) is 5.73. The Hall–Kier alpha value is -1.51. The molecule has 3 heteroatoms. The molecule has 88 valence electrons. The van der Waals surface area contributed by atoms with E-state index in [2.05, 4.69) is 5.32 Å². The molecule has 1 aromatic rings. The molecular formula is C13H19NO2. The monoisotopic (exact) mass is 221 g/mol. The molecule has 16 heavy (non-hydrogen) atoms. The maximum Gasteiger partial charge on any atom is 0.263 e. The Labute approximate surface area is 96.8 Å². The lowest BCUT2D eigenvalue weighted by Crippen LogP contribution is -2.38. The lowest BCUT2D eigenvalue weighted by Gasteiger charge is -2.15. The van der Waals surface area contributed by atoms with Crippen molar-refractivity contribution >= 4 is 5.91 Å². The van der Waals surface area contributed by atoms with Gasteiger partial charge < -0.3 is 10.1 Å². The van der Waals surface area contributed by atoms with Crippen LogP contribution >= 0.6 is 0 Å². The summed E-state index contributed by atoms with van der Waals surface area (Å²) in [6, 6.07) is 9.45. The zero-order valence-corrected chi connectivity index (χ0v) is 10.1. The normalized spacial score (nSPS) is 15.4. The number of ether oxygens (including phenoxy) is 1.